The number of nitrogens with zero attached hydrogens (tertiary/aromatic N) is 5. The molecule has 21 heavy (non-hydrogen) atoms. The lowest BCUT2D eigenvalue weighted by Crippen LogP contribution is -2.26. The van der Waals surface area contributed by atoms with Gasteiger partial charge in [-0.15, -0.1) is 15.3 Å². The molecular formula is C16H19N5. The lowest BCUT2D eigenvalue weighted by Gasteiger charge is -2.23. The lowest BCUT2D eigenvalue weighted by atomic mass is 10.1. The molecule has 2 aromatic heterocycles. The molecule has 1 saturated heterocycles. The summed E-state index contributed by atoms with van der Waals surface area (Å²) >= 11 is 0. The first-order chi connectivity index (χ1) is 10.3. The van der Waals surface area contributed by atoms with Crippen molar-refractivity contribution in [3.8, 4) is 0 Å². The maximum absolute atomic E-state index is 4.85. The van der Waals surface area contributed by atoms with Gasteiger partial charge in [-0.3, -0.25) is 0 Å². The molecule has 0 radical (unpaired) electrons. The van der Waals surface area contributed by atoms with Crippen LogP contribution in [0, 0.1) is 6.92 Å². The van der Waals surface area contributed by atoms with Crippen LogP contribution in [0.4, 0.5) is 5.82 Å². The predicted molar refractivity (Wildman–Crippen MR) is 83.7 cm³/mol. The number of benzene rings is 1. The number of hydrogen-bond donors (Lipinski definition) is 0. The highest BCUT2D eigenvalue weighted by Gasteiger charge is 2.17. The van der Waals surface area contributed by atoms with Crippen LogP contribution in [0.15, 0.2) is 24.3 Å². The largest absolute Gasteiger partial charge is 0.355 e. The summed E-state index contributed by atoms with van der Waals surface area (Å²) in [6.07, 6.45) is 5.13. The Labute approximate surface area is 123 Å². The third-order valence-electron chi connectivity index (χ3n) is 4.31. The number of aromatic nitrogens is 4. The van der Waals surface area contributed by atoms with Gasteiger partial charge in [-0.05, 0) is 19.8 Å². The van der Waals surface area contributed by atoms with E-state index in [9.17, 15) is 0 Å². The first-order valence-electron chi connectivity index (χ1n) is 7.70. The van der Waals surface area contributed by atoms with Gasteiger partial charge in [0.25, 0.3) is 0 Å². The van der Waals surface area contributed by atoms with Crippen molar-refractivity contribution in [2.45, 2.75) is 32.6 Å². The number of rotatable bonds is 1. The van der Waals surface area contributed by atoms with Gasteiger partial charge in [0.15, 0.2) is 17.3 Å². The van der Waals surface area contributed by atoms with Gasteiger partial charge in [0, 0.05) is 23.9 Å². The Hall–Kier alpha value is -2.17. The molecule has 0 atom stereocenters. The molecule has 1 aromatic carbocycles. The molecular weight excluding hydrogens is 262 g/mol. The van der Waals surface area contributed by atoms with Crippen LogP contribution in [0.25, 0.3) is 16.4 Å². The molecule has 0 amide bonds. The molecule has 0 N–H and O–H groups in total. The van der Waals surface area contributed by atoms with E-state index in [4.69, 9.17) is 5.10 Å². The number of aryl methyl sites for hydroxylation is 1. The molecule has 5 heteroatoms. The molecule has 1 fully saturated rings. The average Bonchev–Trinajstić information content (AvgIpc) is 2.74. The van der Waals surface area contributed by atoms with Crippen LogP contribution in [0.1, 0.15) is 31.5 Å². The van der Waals surface area contributed by atoms with Crippen LogP contribution in [-0.4, -0.2) is 32.9 Å². The second-order valence-electron chi connectivity index (χ2n) is 5.75. The van der Waals surface area contributed by atoms with E-state index in [-0.39, 0.29) is 0 Å². The second kappa shape index (κ2) is 4.98. The smallest absolute Gasteiger partial charge is 0.185 e. The quantitative estimate of drug-likeness (QED) is 0.688. The molecule has 108 valence electrons. The monoisotopic (exact) mass is 281 g/mol. The van der Waals surface area contributed by atoms with Crippen molar-refractivity contribution in [2.24, 2.45) is 0 Å². The summed E-state index contributed by atoms with van der Waals surface area (Å²) in [6, 6.07) is 8.39. The highest BCUT2D eigenvalue weighted by Crippen LogP contribution is 2.28. The fraction of sp³-hybridized carbons (Fsp3) is 0.438. The van der Waals surface area contributed by atoms with Gasteiger partial charge >= 0.3 is 0 Å². The van der Waals surface area contributed by atoms with E-state index in [0.717, 1.165) is 35.8 Å². The Morgan fingerprint density at radius 1 is 0.905 bits per heavy atom. The second-order valence-corrected chi connectivity index (χ2v) is 5.75. The molecule has 1 aliphatic rings. The summed E-state index contributed by atoms with van der Waals surface area (Å²) < 4.78 is 1.88. The summed E-state index contributed by atoms with van der Waals surface area (Å²) in [5.74, 6) is 1.91. The molecule has 0 saturated carbocycles. The molecule has 3 aromatic rings. The highest BCUT2D eigenvalue weighted by molar-refractivity contribution is 6.00. The molecule has 0 bridgehead atoms. The Bertz CT molecular complexity index is 784. The maximum atomic E-state index is 4.85. The molecule has 3 heterocycles. The fourth-order valence-corrected chi connectivity index (χ4v) is 3.18. The first-order valence-corrected chi connectivity index (χ1v) is 7.70. The zero-order chi connectivity index (χ0) is 14.2. The van der Waals surface area contributed by atoms with Crippen molar-refractivity contribution in [1.29, 1.82) is 0 Å². The van der Waals surface area contributed by atoms with E-state index in [1.165, 1.54) is 31.1 Å². The Morgan fingerprint density at radius 2 is 1.62 bits per heavy atom. The zero-order valence-corrected chi connectivity index (χ0v) is 12.3. The minimum Gasteiger partial charge on any atom is -0.355 e. The van der Waals surface area contributed by atoms with Crippen molar-refractivity contribution in [1.82, 2.24) is 19.8 Å². The summed E-state index contributed by atoms with van der Waals surface area (Å²) in [4.78, 5) is 2.42. The van der Waals surface area contributed by atoms with Crippen molar-refractivity contribution in [2.75, 3.05) is 18.0 Å². The zero-order valence-electron chi connectivity index (χ0n) is 12.3. The molecule has 0 spiro atoms. The summed E-state index contributed by atoms with van der Waals surface area (Å²) in [7, 11) is 0. The maximum Gasteiger partial charge on any atom is 0.185 e. The van der Waals surface area contributed by atoms with E-state index in [1.54, 1.807) is 0 Å². The van der Waals surface area contributed by atoms with Crippen LogP contribution in [0.5, 0.6) is 0 Å². The van der Waals surface area contributed by atoms with Crippen LogP contribution >= 0.6 is 0 Å². The van der Waals surface area contributed by atoms with Gasteiger partial charge in [-0.2, -0.15) is 4.52 Å². The van der Waals surface area contributed by atoms with Crippen LogP contribution < -0.4 is 4.90 Å². The van der Waals surface area contributed by atoms with Crippen LogP contribution in [-0.2, 0) is 0 Å². The van der Waals surface area contributed by atoms with Crippen molar-refractivity contribution in [3.05, 3.63) is 30.1 Å². The first kappa shape index (κ1) is 12.6. The Morgan fingerprint density at radius 3 is 2.38 bits per heavy atom. The van der Waals surface area contributed by atoms with E-state index in [1.807, 2.05) is 11.4 Å². The van der Waals surface area contributed by atoms with E-state index in [0.29, 0.717) is 0 Å². The minimum atomic E-state index is 0.840. The Balaban J connectivity index is 1.98. The average molecular weight is 281 g/mol. The van der Waals surface area contributed by atoms with Crippen molar-refractivity contribution in [3.63, 3.8) is 0 Å². The van der Waals surface area contributed by atoms with Gasteiger partial charge in [-0.25, -0.2) is 0 Å². The molecule has 0 unspecified atom stereocenters. The summed E-state index contributed by atoms with van der Waals surface area (Å²) in [6.45, 7) is 4.13. The van der Waals surface area contributed by atoms with Gasteiger partial charge < -0.3 is 4.90 Å². The summed E-state index contributed by atoms with van der Waals surface area (Å²) in [5.41, 5.74) is 0.849. The normalized spacial score (nSPS) is 16.5. The highest BCUT2D eigenvalue weighted by atomic mass is 15.4. The van der Waals surface area contributed by atoms with E-state index in [2.05, 4.69) is 39.4 Å². The molecule has 1 aliphatic heterocycles. The third-order valence-corrected chi connectivity index (χ3v) is 4.31. The molecule has 4 rings (SSSR count). The van der Waals surface area contributed by atoms with Gasteiger partial charge in [0.2, 0.25) is 0 Å². The van der Waals surface area contributed by atoms with Crippen LogP contribution in [0.2, 0.25) is 0 Å². The van der Waals surface area contributed by atoms with Crippen molar-refractivity contribution >= 4 is 22.2 Å². The third kappa shape index (κ3) is 2.04. The van der Waals surface area contributed by atoms with Crippen molar-refractivity contribution < 1.29 is 0 Å². The number of hydrogen-bond acceptors (Lipinski definition) is 4. The topological polar surface area (TPSA) is 46.3 Å². The van der Waals surface area contributed by atoms with Gasteiger partial charge in [0.05, 0.1) is 0 Å². The number of fused-ring (bicyclic) bond motifs is 3. The summed E-state index contributed by atoms with van der Waals surface area (Å²) in [5, 5.41) is 15.6. The van der Waals surface area contributed by atoms with Crippen LogP contribution in [0.3, 0.4) is 0 Å². The van der Waals surface area contributed by atoms with E-state index < -0.39 is 0 Å². The van der Waals surface area contributed by atoms with E-state index >= 15 is 0 Å². The lowest BCUT2D eigenvalue weighted by molar-refractivity contribution is 0.726. The van der Waals surface area contributed by atoms with Gasteiger partial charge in [0.1, 0.15) is 0 Å². The minimum absolute atomic E-state index is 0.840. The Kier molecular flexibility index (Phi) is 2.98. The molecule has 5 nitrogen and oxygen atoms in total. The fourth-order valence-electron chi connectivity index (χ4n) is 3.18. The standard InChI is InChI=1S/C16H19N5/c1-12-17-18-15-13-8-4-5-9-14(13)16(19-21(12)15)20-10-6-2-3-7-11-20/h4-5,8-9H,2-3,6-7,10-11H2,1H3. The predicted octanol–water partition coefficient (Wildman–Crippen LogP) is 2.97. The molecule has 0 aliphatic carbocycles. The number of anilines is 1. The van der Waals surface area contributed by atoms with Gasteiger partial charge in [-0.1, -0.05) is 37.1 Å². The SMILES string of the molecule is Cc1nnc2c3ccccc3c(N3CCCCCC3)nn12.